The van der Waals surface area contributed by atoms with Crippen LogP contribution in [0.1, 0.15) is 16.8 Å². The number of fused-ring (bicyclic) bond motifs is 1. The van der Waals surface area contributed by atoms with Gasteiger partial charge in [0.05, 0.1) is 34.0 Å². The molecule has 0 saturated carbocycles. The van der Waals surface area contributed by atoms with E-state index in [-0.39, 0.29) is 5.91 Å². The van der Waals surface area contributed by atoms with Crippen LogP contribution in [0.2, 0.25) is 10.0 Å². The topological polar surface area (TPSA) is 45.7 Å². The normalized spacial score (nSPS) is 14.9. The van der Waals surface area contributed by atoms with Crippen LogP contribution in [0.3, 0.4) is 0 Å². The van der Waals surface area contributed by atoms with Crippen LogP contribution in [-0.2, 0) is 4.74 Å². The van der Waals surface area contributed by atoms with E-state index in [1.807, 2.05) is 18.2 Å². The zero-order valence-electron chi connectivity index (χ0n) is 16.1. The first-order chi connectivity index (χ1) is 14.5. The van der Waals surface area contributed by atoms with Crippen molar-refractivity contribution in [3.05, 3.63) is 56.5 Å². The Balaban J connectivity index is 1.60. The molecule has 0 N–H and O–H groups in total. The molecule has 30 heavy (non-hydrogen) atoms. The molecule has 2 aromatic carbocycles. The second-order valence-corrected chi connectivity index (χ2v) is 9.77. The third kappa shape index (κ3) is 5.15. The second kappa shape index (κ2) is 9.94. The number of ether oxygens (including phenoxy) is 1. The molecule has 0 bridgehead atoms. The fourth-order valence-electron chi connectivity index (χ4n) is 3.37. The number of thiazole rings is 1. The summed E-state index contributed by atoms with van der Waals surface area (Å²) in [4.78, 5) is 22.2. The fourth-order valence-corrected chi connectivity index (χ4v) is 5.28. The van der Waals surface area contributed by atoms with E-state index in [1.54, 1.807) is 23.1 Å². The van der Waals surface area contributed by atoms with Gasteiger partial charge in [0, 0.05) is 35.7 Å². The molecule has 158 valence electrons. The van der Waals surface area contributed by atoms with Gasteiger partial charge in [-0.2, -0.15) is 0 Å². The maximum absolute atomic E-state index is 13.5. The molecule has 1 saturated heterocycles. The maximum atomic E-state index is 13.5. The molecule has 1 aliphatic heterocycles. The molecule has 0 spiro atoms. The highest BCUT2D eigenvalue weighted by Gasteiger charge is 2.24. The van der Waals surface area contributed by atoms with Crippen molar-refractivity contribution in [2.75, 3.05) is 44.3 Å². The summed E-state index contributed by atoms with van der Waals surface area (Å²) in [5.41, 5.74) is 1.25. The largest absolute Gasteiger partial charge is 0.379 e. The minimum Gasteiger partial charge on any atom is -0.379 e. The van der Waals surface area contributed by atoms with Crippen LogP contribution in [-0.4, -0.2) is 55.2 Å². The van der Waals surface area contributed by atoms with Gasteiger partial charge in [-0.05, 0) is 42.8 Å². The fraction of sp³-hybridized carbons (Fsp3) is 0.333. The number of benzene rings is 2. The first-order valence-corrected chi connectivity index (χ1v) is 12.0. The molecule has 0 radical (unpaired) electrons. The molecule has 1 aromatic heterocycles. The lowest BCUT2D eigenvalue weighted by atomic mass is 10.2. The molecule has 1 fully saturated rings. The van der Waals surface area contributed by atoms with Crippen molar-refractivity contribution < 1.29 is 9.53 Å². The quantitative estimate of drug-likeness (QED) is 0.409. The molecule has 1 aliphatic rings. The number of hydrogen-bond acceptors (Lipinski definition) is 5. The highest BCUT2D eigenvalue weighted by molar-refractivity contribution is 9.10. The molecule has 4 rings (SSSR count). The van der Waals surface area contributed by atoms with Gasteiger partial charge in [-0.3, -0.25) is 14.6 Å². The van der Waals surface area contributed by atoms with Crippen LogP contribution in [0.5, 0.6) is 0 Å². The summed E-state index contributed by atoms with van der Waals surface area (Å²) < 4.78 is 7.41. The minimum atomic E-state index is -0.192. The number of aromatic nitrogens is 1. The first kappa shape index (κ1) is 22.0. The number of amides is 1. The monoisotopic (exact) mass is 527 g/mol. The average molecular weight is 529 g/mol. The number of nitrogens with zero attached hydrogens (tertiary/aromatic N) is 3. The zero-order chi connectivity index (χ0) is 21.1. The van der Waals surface area contributed by atoms with Crippen LogP contribution in [0.4, 0.5) is 5.13 Å². The highest BCUT2D eigenvalue weighted by Crippen LogP contribution is 2.33. The summed E-state index contributed by atoms with van der Waals surface area (Å²) in [6.07, 6.45) is 0.823. The Hall–Kier alpha value is -1.22. The van der Waals surface area contributed by atoms with E-state index in [2.05, 4.69) is 20.8 Å². The van der Waals surface area contributed by atoms with Crippen molar-refractivity contribution in [3.63, 3.8) is 0 Å². The van der Waals surface area contributed by atoms with Crippen LogP contribution in [0.15, 0.2) is 40.9 Å². The van der Waals surface area contributed by atoms with Gasteiger partial charge >= 0.3 is 0 Å². The third-order valence-electron chi connectivity index (χ3n) is 4.93. The van der Waals surface area contributed by atoms with Gasteiger partial charge in [0.1, 0.15) is 0 Å². The standard InChI is InChI=1S/C21H20BrCl2N3O2S/c22-14-2-5-18-19(12-14)30-21(25-18)27(7-1-6-26-8-10-29-11-9-26)20(28)16-13-15(23)3-4-17(16)24/h2-5,12-13H,1,6-11H2. The molecular formula is C21H20BrCl2N3O2S. The lowest BCUT2D eigenvalue weighted by Gasteiger charge is -2.27. The number of halogens is 3. The van der Waals surface area contributed by atoms with Crippen LogP contribution in [0, 0.1) is 0 Å². The molecule has 0 unspecified atom stereocenters. The van der Waals surface area contributed by atoms with E-state index in [1.165, 1.54) is 11.3 Å². The lowest BCUT2D eigenvalue weighted by Crippen LogP contribution is -2.39. The summed E-state index contributed by atoms with van der Waals surface area (Å²) in [7, 11) is 0. The molecular weight excluding hydrogens is 509 g/mol. The number of rotatable bonds is 6. The number of carbonyl (C=O) groups excluding carboxylic acids is 1. The van der Waals surface area contributed by atoms with Crippen molar-refractivity contribution in [1.82, 2.24) is 9.88 Å². The number of carbonyl (C=O) groups is 1. The SMILES string of the molecule is O=C(c1cc(Cl)ccc1Cl)N(CCCN1CCOCC1)c1nc2ccc(Br)cc2s1. The zero-order valence-corrected chi connectivity index (χ0v) is 20.0. The summed E-state index contributed by atoms with van der Waals surface area (Å²) in [5.74, 6) is -0.192. The predicted molar refractivity (Wildman–Crippen MR) is 127 cm³/mol. The Morgan fingerprint density at radius 2 is 2.00 bits per heavy atom. The summed E-state index contributed by atoms with van der Waals surface area (Å²) in [6, 6.07) is 10.9. The second-order valence-electron chi connectivity index (χ2n) is 7.00. The Morgan fingerprint density at radius 1 is 1.20 bits per heavy atom. The van der Waals surface area contributed by atoms with E-state index in [0.717, 1.165) is 54.0 Å². The molecule has 9 heteroatoms. The molecule has 0 atom stereocenters. The van der Waals surface area contributed by atoms with Crippen LogP contribution >= 0.6 is 50.5 Å². The molecule has 3 aromatic rings. The van der Waals surface area contributed by atoms with Gasteiger partial charge in [0.25, 0.3) is 5.91 Å². The van der Waals surface area contributed by atoms with Crippen LogP contribution in [0.25, 0.3) is 10.2 Å². The Kier molecular flexibility index (Phi) is 7.28. The van der Waals surface area contributed by atoms with E-state index in [4.69, 9.17) is 32.9 Å². The van der Waals surface area contributed by atoms with Crippen molar-refractivity contribution in [3.8, 4) is 0 Å². The number of anilines is 1. The molecule has 2 heterocycles. The van der Waals surface area contributed by atoms with Crippen molar-refractivity contribution in [1.29, 1.82) is 0 Å². The van der Waals surface area contributed by atoms with Gasteiger partial charge < -0.3 is 4.74 Å². The van der Waals surface area contributed by atoms with Gasteiger partial charge in [-0.1, -0.05) is 50.5 Å². The maximum Gasteiger partial charge on any atom is 0.261 e. The van der Waals surface area contributed by atoms with Crippen molar-refractivity contribution in [2.45, 2.75) is 6.42 Å². The molecule has 0 aliphatic carbocycles. The van der Waals surface area contributed by atoms with E-state index in [0.29, 0.717) is 27.3 Å². The number of morpholine rings is 1. The first-order valence-electron chi connectivity index (χ1n) is 9.64. The van der Waals surface area contributed by atoms with Gasteiger partial charge in [-0.25, -0.2) is 4.98 Å². The lowest BCUT2D eigenvalue weighted by molar-refractivity contribution is 0.0376. The van der Waals surface area contributed by atoms with E-state index < -0.39 is 0 Å². The van der Waals surface area contributed by atoms with Crippen LogP contribution < -0.4 is 4.90 Å². The Bertz CT molecular complexity index is 1060. The Morgan fingerprint density at radius 3 is 2.80 bits per heavy atom. The molecule has 5 nitrogen and oxygen atoms in total. The smallest absolute Gasteiger partial charge is 0.261 e. The third-order valence-corrected chi connectivity index (χ3v) is 7.03. The minimum absolute atomic E-state index is 0.192. The summed E-state index contributed by atoms with van der Waals surface area (Å²) in [6.45, 7) is 4.79. The molecule has 1 amide bonds. The van der Waals surface area contributed by atoms with Crippen molar-refractivity contribution in [2.24, 2.45) is 0 Å². The summed E-state index contributed by atoms with van der Waals surface area (Å²) in [5, 5.41) is 1.52. The summed E-state index contributed by atoms with van der Waals surface area (Å²) >= 11 is 17.5. The van der Waals surface area contributed by atoms with E-state index >= 15 is 0 Å². The highest BCUT2D eigenvalue weighted by atomic mass is 79.9. The van der Waals surface area contributed by atoms with Crippen molar-refractivity contribution >= 4 is 71.7 Å². The van der Waals surface area contributed by atoms with Gasteiger partial charge in [-0.15, -0.1) is 0 Å². The van der Waals surface area contributed by atoms with Gasteiger partial charge in [0.2, 0.25) is 0 Å². The Labute approximate surface area is 197 Å². The number of hydrogen-bond donors (Lipinski definition) is 0. The predicted octanol–water partition coefficient (Wildman–Crippen LogP) is 5.73. The van der Waals surface area contributed by atoms with E-state index in [9.17, 15) is 4.79 Å². The average Bonchev–Trinajstić information content (AvgIpc) is 3.16. The van der Waals surface area contributed by atoms with Gasteiger partial charge in [0.15, 0.2) is 5.13 Å².